The van der Waals surface area contributed by atoms with Crippen molar-refractivity contribution in [3.63, 3.8) is 0 Å². The molecule has 0 aliphatic rings. The molecule has 0 atom stereocenters. The predicted octanol–water partition coefficient (Wildman–Crippen LogP) is 2.66. The number of methoxy groups -OCH3 is 1. The number of carbonyl (C=O) groups is 3. The van der Waals surface area contributed by atoms with Crippen LogP contribution in [0.2, 0.25) is 0 Å². The number of rotatable bonds is 8. The number of benzene rings is 1. The molecule has 132 valence electrons. The number of hydrogen-bond donors (Lipinski definition) is 2. The molecule has 1 aromatic carbocycles. The number of ether oxygens (including phenoxy) is 1. The molecule has 1 aromatic heterocycles. The van der Waals surface area contributed by atoms with Crippen LogP contribution in [0.3, 0.4) is 0 Å². The number of esters is 1. The first-order chi connectivity index (χ1) is 12.0. The van der Waals surface area contributed by atoms with Crippen molar-refractivity contribution in [2.45, 2.75) is 26.3 Å². The Bertz CT molecular complexity index is 756. The van der Waals surface area contributed by atoms with Crippen LogP contribution < -0.4 is 10.6 Å². The van der Waals surface area contributed by atoms with Crippen molar-refractivity contribution >= 4 is 39.8 Å². The predicted molar refractivity (Wildman–Crippen MR) is 94.9 cm³/mol. The number of amides is 1. The Balaban J connectivity index is 1.82. The van der Waals surface area contributed by atoms with Crippen LogP contribution in [0.4, 0.5) is 10.8 Å². The van der Waals surface area contributed by atoms with Crippen LogP contribution >= 0.6 is 11.3 Å². The molecule has 0 spiro atoms. The van der Waals surface area contributed by atoms with Crippen LogP contribution in [0, 0.1) is 0 Å². The third-order valence-corrected chi connectivity index (χ3v) is 4.15. The zero-order valence-electron chi connectivity index (χ0n) is 14.0. The molecule has 1 amide bonds. The van der Waals surface area contributed by atoms with Crippen molar-refractivity contribution in [3.05, 3.63) is 40.9 Å². The molecule has 0 aliphatic carbocycles. The van der Waals surface area contributed by atoms with E-state index in [0.29, 0.717) is 17.2 Å². The number of nitrogens with zero attached hydrogens (tertiary/aromatic N) is 1. The van der Waals surface area contributed by atoms with Gasteiger partial charge in [-0.05, 0) is 31.2 Å². The summed E-state index contributed by atoms with van der Waals surface area (Å²) < 4.78 is 4.49. The van der Waals surface area contributed by atoms with Crippen LogP contribution in [-0.2, 0) is 20.9 Å². The SMILES string of the molecule is COC(=O)CCC(=O)NCc1csc(Nc2ccc(C(C)=O)cc2)n1. The summed E-state index contributed by atoms with van der Waals surface area (Å²) in [6.45, 7) is 1.82. The number of ketones is 1. The van der Waals surface area contributed by atoms with E-state index in [1.807, 2.05) is 17.5 Å². The van der Waals surface area contributed by atoms with E-state index in [2.05, 4.69) is 20.4 Å². The summed E-state index contributed by atoms with van der Waals surface area (Å²) >= 11 is 1.41. The van der Waals surface area contributed by atoms with Crippen LogP contribution in [0.5, 0.6) is 0 Å². The molecule has 0 radical (unpaired) electrons. The molecule has 7 nitrogen and oxygen atoms in total. The van der Waals surface area contributed by atoms with Crippen LogP contribution in [0.25, 0.3) is 0 Å². The van der Waals surface area contributed by atoms with E-state index in [-0.39, 0.29) is 24.5 Å². The molecule has 0 bridgehead atoms. The van der Waals surface area contributed by atoms with Gasteiger partial charge in [0.2, 0.25) is 5.91 Å². The summed E-state index contributed by atoms with van der Waals surface area (Å²) in [6, 6.07) is 7.13. The van der Waals surface area contributed by atoms with Crippen LogP contribution in [-0.4, -0.2) is 29.8 Å². The molecule has 2 aromatic rings. The van der Waals surface area contributed by atoms with E-state index in [1.165, 1.54) is 25.4 Å². The second kappa shape index (κ2) is 8.93. The molecule has 2 rings (SSSR count). The fraction of sp³-hybridized carbons (Fsp3) is 0.294. The van der Waals surface area contributed by atoms with E-state index in [1.54, 1.807) is 12.1 Å². The Morgan fingerprint density at radius 1 is 1.16 bits per heavy atom. The Morgan fingerprint density at radius 2 is 1.88 bits per heavy atom. The number of aromatic nitrogens is 1. The minimum absolute atomic E-state index is 0.0195. The number of hydrogen-bond acceptors (Lipinski definition) is 7. The van der Waals surface area contributed by atoms with Crippen molar-refractivity contribution in [3.8, 4) is 0 Å². The van der Waals surface area contributed by atoms with Gasteiger partial charge in [-0.3, -0.25) is 14.4 Å². The highest BCUT2D eigenvalue weighted by Gasteiger charge is 2.08. The van der Waals surface area contributed by atoms with E-state index in [9.17, 15) is 14.4 Å². The molecule has 25 heavy (non-hydrogen) atoms. The van der Waals surface area contributed by atoms with Crippen molar-refractivity contribution in [1.29, 1.82) is 0 Å². The molecular weight excluding hydrogens is 342 g/mol. The van der Waals surface area contributed by atoms with Gasteiger partial charge in [-0.15, -0.1) is 11.3 Å². The van der Waals surface area contributed by atoms with Gasteiger partial charge in [-0.1, -0.05) is 0 Å². The van der Waals surface area contributed by atoms with E-state index in [4.69, 9.17) is 0 Å². The highest BCUT2D eigenvalue weighted by Crippen LogP contribution is 2.21. The summed E-state index contributed by atoms with van der Waals surface area (Å²) in [5, 5.41) is 8.39. The first kappa shape index (κ1) is 18.6. The maximum Gasteiger partial charge on any atom is 0.306 e. The summed E-state index contributed by atoms with van der Waals surface area (Å²) in [5.74, 6) is -0.621. The second-order valence-electron chi connectivity index (χ2n) is 5.26. The lowest BCUT2D eigenvalue weighted by Gasteiger charge is -2.04. The van der Waals surface area contributed by atoms with Crippen LogP contribution in [0.1, 0.15) is 35.8 Å². The molecule has 0 unspecified atom stereocenters. The largest absolute Gasteiger partial charge is 0.469 e. The summed E-state index contributed by atoms with van der Waals surface area (Å²) in [4.78, 5) is 38.3. The van der Waals surface area contributed by atoms with Crippen molar-refractivity contribution in [1.82, 2.24) is 10.3 Å². The number of thiazole rings is 1. The third-order valence-electron chi connectivity index (χ3n) is 3.34. The number of nitrogens with one attached hydrogen (secondary N) is 2. The first-order valence-corrected chi connectivity index (χ1v) is 8.52. The van der Waals surface area contributed by atoms with E-state index >= 15 is 0 Å². The highest BCUT2D eigenvalue weighted by molar-refractivity contribution is 7.13. The van der Waals surface area contributed by atoms with Crippen LogP contribution in [0.15, 0.2) is 29.6 Å². The lowest BCUT2D eigenvalue weighted by Crippen LogP contribution is -2.23. The third kappa shape index (κ3) is 6.00. The van der Waals surface area contributed by atoms with Gasteiger partial charge in [-0.2, -0.15) is 0 Å². The molecule has 0 aliphatic heterocycles. The molecule has 0 fully saturated rings. The zero-order chi connectivity index (χ0) is 18.2. The lowest BCUT2D eigenvalue weighted by atomic mass is 10.1. The second-order valence-corrected chi connectivity index (χ2v) is 6.11. The van der Waals surface area contributed by atoms with Gasteiger partial charge >= 0.3 is 5.97 Å². The maximum absolute atomic E-state index is 11.6. The zero-order valence-corrected chi connectivity index (χ0v) is 14.8. The Kier molecular flexibility index (Phi) is 6.64. The highest BCUT2D eigenvalue weighted by atomic mass is 32.1. The molecule has 0 saturated carbocycles. The topological polar surface area (TPSA) is 97.4 Å². The average molecular weight is 361 g/mol. The van der Waals surface area contributed by atoms with Crippen molar-refractivity contribution < 1.29 is 19.1 Å². The minimum Gasteiger partial charge on any atom is -0.469 e. The van der Waals surface area contributed by atoms with Gasteiger partial charge in [0.05, 0.1) is 25.8 Å². The maximum atomic E-state index is 11.6. The molecule has 8 heteroatoms. The van der Waals surface area contributed by atoms with E-state index in [0.717, 1.165) is 11.4 Å². The van der Waals surface area contributed by atoms with Gasteiger partial charge in [-0.25, -0.2) is 4.98 Å². The lowest BCUT2D eigenvalue weighted by molar-refractivity contribution is -0.142. The smallest absolute Gasteiger partial charge is 0.306 e. The quantitative estimate of drug-likeness (QED) is 0.554. The van der Waals surface area contributed by atoms with Crippen molar-refractivity contribution in [2.24, 2.45) is 0 Å². The Labute approximate surface area is 149 Å². The fourth-order valence-electron chi connectivity index (χ4n) is 1.95. The Hall–Kier alpha value is -2.74. The van der Waals surface area contributed by atoms with Gasteiger partial charge in [0, 0.05) is 23.1 Å². The average Bonchev–Trinajstić information content (AvgIpc) is 3.05. The van der Waals surface area contributed by atoms with E-state index < -0.39 is 5.97 Å². The van der Waals surface area contributed by atoms with Gasteiger partial charge in [0.1, 0.15) is 0 Å². The standard InChI is InChI=1S/C17H19N3O4S/c1-11(21)12-3-5-13(6-4-12)19-17-20-14(10-25-17)9-18-15(22)7-8-16(23)24-2/h3-6,10H,7-9H2,1-2H3,(H,18,22)(H,19,20). The molecular formula is C17H19N3O4S. The van der Waals surface area contributed by atoms with Gasteiger partial charge in [0.25, 0.3) is 0 Å². The molecule has 2 N–H and O–H groups in total. The number of Topliss-reactive ketones (excluding diaryl/α,β-unsaturated/α-hetero) is 1. The fourth-order valence-corrected chi connectivity index (χ4v) is 2.68. The monoisotopic (exact) mass is 361 g/mol. The Morgan fingerprint density at radius 3 is 2.52 bits per heavy atom. The number of anilines is 2. The summed E-state index contributed by atoms with van der Waals surface area (Å²) in [5.41, 5.74) is 2.20. The van der Waals surface area contributed by atoms with Gasteiger partial charge < -0.3 is 15.4 Å². The summed E-state index contributed by atoms with van der Waals surface area (Å²) in [6.07, 6.45) is 0.146. The molecule has 1 heterocycles. The summed E-state index contributed by atoms with van der Waals surface area (Å²) in [7, 11) is 1.29. The van der Waals surface area contributed by atoms with Gasteiger partial charge in [0.15, 0.2) is 10.9 Å². The molecule has 0 saturated heterocycles. The number of carbonyl (C=O) groups excluding carboxylic acids is 3. The first-order valence-electron chi connectivity index (χ1n) is 7.64. The minimum atomic E-state index is -0.411. The van der Waals surface area contributed by atoms with Crippen molar-refractivity contribution in [2.75, 3.05) is 12.4 Å². The normalized spacial score (nSPS) is 10.2.